The van der Waals surface area contributed by atoms with Crippen LogP contribution in [0, 0.1) is 0 Å². The fourth-order valence-corrected chi connectivity index (χ4v) is 1.54. The largest absolute Gasteiger partial charge is 0.503 e. The summed E-state index contributed by atoms with van der Waals surface area (Å²) >= 11 is 0.583. The van der Waals surface area contributed by atoms with Crippen LogP contribution in [0.5, 0.6) is 0 Å². The maximum Gasteiger partial charge on any atom is 0.332 e. The molecule has 2 N–H and O–H groups in total. The number of hydrogen-bond acceptors (Lipinski definition) is 6. The lowest BCUT2D eigenvalue weighted by molar-refractivity contribution is -0.137. The number of ether oxygens (including phenoxy) is 1. The zero-order valence-corrected chi connectivity index (χ0v) is 8.13. The van der Waals surface area contributed by atoms with Crippen LogP contribution >= 0.6 is 11.8 Å². The Bertz CT molecular complexity index is 342. The van der Waals surface area contributed by atoms with Gasteiger partial charge in [0, 0.05) is 6.08 Å². The molecule has 0 aliphatic carbocycles. The highest BCUT2D eigenvalue weighted by molar-refractivity contribution is 8.18. The predicted molar refractivity (Wildman–Crippen MR) is 49.6 cm³/mol. The topological polar surface area (TPSA) is 83.8 Å². The Balaban J connectivity index is 2.82. The fourth-order valence-electron chi connectivity index (χ4n) is 0.799. The van der Waals surface area contributed by atoms with Crippen molar-refractivity contribution in [3.63, 3.8) is 0 Å². The first-order valence-corrected chi connectivity index (χ1v) is 4.61. The van der Waals surface area contributed by atoms with Crippen molar-refractivity contribution < 1.29 is 24.5 Å². The summed E-state index contributed by atoms with van der Waals surface area (Å²) in [5.74, 6) is -1.97. The Morgan fingerprint density at radius 1 is 1.50 bits per heavy atom. The minimum Gasteiger partial charge on any atom is -0.503 e. The van der Waals surface area contributed by atoms with Crippen molar-refractivity contribution in [1.82, 2.24) is 0 Å². The summed E-state index contributed by atoms with van der Waals surface area (Å²) < 4.78 is 4.57. The van der Waals surface area contributed by atoms with Crippen LogP contribution in [0.1, 0.15) is 6.92 Å². The van der Waals surface area contributed by atoms with Crippen LogP contribution < -0.4 is 0 Å². The van der Waals surface area contributed by atoms with E-state index in [0.29, 0.717) is 11.8 Å². The molecule has 0 aromatic carbocycles. The summed E-state index contributed by atoms with van der Waals surface area (Å²) in [6.07, 6.45) is 0.963. The average Bonchev–Trinajstić information content (AvgIpc) is 2.34. The highest BCUT2D eigenvalue weighted by atomic mass is 32.2. The zero-order valence-electron chi connectivity index (χ0n) is 7.31. The number of rotatable bonds is 2. The minimum absolute atomic E-state index is 0.00551. The van der Waals surface area contributed by atoms with Crippen LogP contribution in [0.25, 0.3) is 0 Å². The van der Waals surface area contributed by atoms with Gasteiger partial charge >= 0.3 is 5.97 Å². The molecule has 0 atom stereocenters. The van der Waals surface area contributed by atoms with Gasteiger partial charge in [-0.15, -0.1) is 0 Å². The van der Waals surface area contributed by atoms with Gasteiger partial charge in [-0.05, 0) is 18.7 Å². The van der Waals surface area contributed by atoms with Crippen LogP contribution in [-0.2, 0) is 14.3 Å². The second kappa shape index (κ2) is 4.19. The molecule has 1 rings (SSSR count). The lowest BCUT2D eigenvalue weighted by Crippen LogP contribution is -2.00. The van der Waals surface area contributed by atoms with Gasteiger partial charge in [0.2, 0.25) is 5.76 Å². The first-order valence-electron chi connectivity index (χ1n) is 3.79. The molecule has 0 amide bonds. The van der Waals surface area contributed by atoms with E-state index in [1.165, 1.54) is 0 Å². The van der Waals surface area contributed by atoms with Gasteiger partial charge in [0.1, 0.15) is 0 Å². The lowest BCUT2D eigenvalue weighted by Gasteiger charge is -1.97. The number of carbonyl (C=O) groups is 2. The highest BCUT2D eigenvalue weighted by Crippen LogP contribution is 2.34. The predicted octanol–water partition coefficient (Wildman–Crippen LogP) is 1.03. The van der Waals surface area contributed by atoms with Crippen molar-refractivity contribution in [3.05, 3.63) is 22.5 Å². The fraction of sp³-hybridized carbons (Fsp3) is 0.250. The van der Waals surface area contributed by atoms with Crippen LogP contribution in [0.4, 0.5) is 0 Å². The number of aliphatic hydroxyl groups is 2. The smallest absolute Gasteiger partial charge is 0.332 e. The molecular weight excluding hydrogens is 208 g/mol. The third kappa shape index (κ3) is 2.08. The van der Waals surface area contributed by atoms with E-state index in [0.717, 1.165) is 6.08 Å². The molecule has 0 aromatic rings. The van der Waals surface area contributed by atoms with E-state index in [4.69, 9.17) is 10.2 Å². The van der Waals surface area contributed by atoms with Gasteiger partial charge in [0.25, 0.3) is 5.12 Å². The normalized spacial score (nSPS) is 19.2. The number of thioether (sulfide) groups is 1. The molecule has 0 radical (unpaired) electrons. The Kier molecular flexibility index (Phi) is 3.19. The number of esters is 1. The summed E-state index contributed by atoms with van der Waals surface area (Å²) in [4.78, 5) is 21.8. The Hall–Kier alpha value is -1.43. The van der Waals surface area contributed by atoms with Crippen LogP contribution in [0.15, 0.2) is 22.5 Å². The second-order valence-corrected chi connectivity index (χ2v) is 3.36. The molecule has 76 valence electrons. The van der Waals surface area contributed by atoms with E-state index in [1.54, 1.807) is 6.92 Å². The van der Waals surface area contributed by atoms with Gasteiger partial charge in [0.15, 0.2) is 5.76 Å². The maximum absolute atomic E-state index is 10.9. The molecule has 0 unspecified atom stereocenters. The Labute approximate surface area is 84.1 Å². The highest BCUT2D eigenvalue weighted by Gasteiger charge is 2.29. The van der Waals surface area contributed by atoms with Gasteiger partial charge in [-0.2, -0.15) is 0 Å². The molecule has 0 fully saturated rings. The molecule has 1 heterocycles. The molecule has 0 bridgehead atoms. The molecule has 1 aliphatic rings. The number of hydrogen-bond donors (Lipinski definition) is 2. The van der Waals surface area contributed by atoms with Crippen molar-refractivity contribution in [2.75, 3.05) is 6.61 Å². The number of aliphatic hydroxyl groups excluding tert-OH is 2. The second-order valence-electron chi connectivity index (χ2n) is 2.35. The summed E-state index contributed by atoms with van der Waals surface area (Å²) in [5, 5.41) is 17.4. The van der Waals surface area contributed by atoms with Crippen molar-refractivity contribution in [2.45, 2.75) is 6.92 Å². The standard InChI is InChI=1S/C8H8O5S/c1-2-13-5(9)3-4-6(10)7(11)8(12)14-4/h3,10-11H,2H2,1H3/b4-3-. The SMILES string of the molecule is CCOC(=O)/C=C1\SC(=O)C(O)=C1O. The van der Waals surface area contributed by atoms with Crippen molar-refractivity contribution in [3.8, 4) is 0 Å². The molecule has 6 heteroatoms. The van der Waals surface area contributed by atoms with Crippen LogP contribution in [0.2, 0.25) is 0 Å². The van der Waals surface area contributed by atoms with Crippen LogP contribution in [0.3, 0.4) is 0 Å². The zero-order chi connectivity index (χ0) is 10.7. The van der Waals surface area contributed by atoms with E-state index in [9.17, 15) is 9.59 Å². The van der Waals surface area contributed by atoms with Gasteiger partial charge in [-0.1, -0.05) is 0 Å². The average molecular weight is 216 g/mol. The molecule has 0 spiro atoms. The minimum atomic E-state index is -0.731. The van der Waals surface area contributed by atoms with Crippen LogP contribution in [-0.4, -0.2) is 27.9 Å². The van der Waals surface area contributed by atoms with E-state index >= 15 is 0 Å². The summed E-state index contributed by atoms with van der Waals surface area (Å²) in [5.41, 5.74) is 0. The van der Waals surface area contributed by atoms with E-state index < -0.39 is 22.6 Å². The molecular formula is C8H8O5S. The third-order valence-electron chi connectivity index (χ3n) is 1.39. The van der Waals surface area contributed by atoms with Gasteiger partial charge in [0.05, 0.1) is 11.5 Å². The van der Waals surface area contributed by atoms with E-state index in [1.807, 2.05) is 0 Å². The first-order chi connectivity index (χ1) is 6.56. The molecule has 14 heavy (non-hydrogen) atoms. The van der Waals surface area contributed by atoms with E-state index in [-0.39, 0.29) is 11.5 Å². The quantitative estimate of drug-likeness (QED) is 0.530. The molecule has 0 aromatic heterocycles. The lowest BCUT2D eigenvalue weighted by atomic mass is 10.3. The molecule has 1 aliphatic heterocycles. The first kappa shape index (κ1) is 10.6. The summed E-state index contributed by atoms with van der Waals surface area (Å²) in [6.45, 7) is 1.84. The monoisotopic (exact) mass is 216 g/mol. The summed E-state index contributed by atoms with van der Waals surface area (Å²) in [7, 11) is 0. The summed E-state index contributed by atoms with van der Waals surface area (Å²) in [6, 6.07) is 0. The third-order valence-corrected chi connectivity index (χ3v) is 2.30. The Morgan fingerprint density at radius 2 is 2.14 bits per heavy atom. The molecule has 0 saturated heterocycles. The van der Waals surface area contributed by atoms with Gasteiger partial charge in [-0.3, -0.25) is 4.79 Å². The molecule has 5 nitrogen and oxygen atoms in total. The van der Waals surface area contributed by atoms with Gasteiger partial charge in [-0.25, -0.2) is 4.79 Å². The number of carbonyl (C=O) groups excluding carboxylic acids is 2. The molecule has 0 saturated carbocycles. The van der Waals surface area contributed by atoms with E-state index in [2.05, 4.69) is 4.74 Å². The Morgan fingerprint density at radius 3 is 2.57 bits per heavy atom. The van der Waals surface area contributed by atoms with Gasteiger partial charge < -0.3 is 14.9 Å². The van der Waals surface area contributed by atoms with Crippen molar-refractivity contribution in [1.29, 1.82) is 0 Å². The van der Waals surface area contributed by atoms with Crippen molar-refractivity contribution >= 4 is 22.8 Å². The maximum atomic E-state index is 10.9. The van der Waals surface area contributed by atoms with Crippen molar-refractivity contribution in [2.24, 2.45) is 0 Å².